The maximum atomic E-state index is 12.8. The van der Waals surface area contributed by atoms with Gasteiger partial charge in [-0.25, -0.2) is 4.98 Å². The summed E-state index contributed by atoms with van der Waals surface area (Å²) >= 11 is 7.34. The van der Waals surface area contributed by atoms with Gasteiger partial charge in [0.2, 0.25) is 5.91 Å². The molecule has 0 bridgehead atoms. The number of benzene rings is 2. The summed E-state index contributed by atoms with van der Waals surface area (Å²) in [5, 5.41) is 3.96. The van der Waals surface area contributed by atoms with Gasteiger partial charge in [0.05, 0.1) is 17.9 Å². The van der Waals surface area contributed by atoms with Gasteiger partial charge in [-0.05, 0) is 31.2 Å². The molecule has 1 aliphatic rings. The number of nitrogens with zero attached hydrogens (tertiary/aromatic N) is 2. The number of fused-ring (bicyclic) bond motifs is 1. The number of thiazole rings is 1. The van der Waals surface area contributed by atoms with Crippen LogP contribution in [0.4, 0.5) is 10.8 Å². The Balaban J connectivity index is 1.54. The van der Waals surface area contributed by atoms with Gasteiger partial charge in [0.1, 0.15) is 5.75 Å². The van der Waals surface area contributed by atoms with Crippen molar-refractivity contribution in [3.8, 4) is 17.0 Å². The van der Waals surface area contributed by atoms with Crippen molar-refractivity contribution in [2.75, 3.05) is 16.8 Å². The Morgan fingerprint density at radius 1 is 1.21 bits per heavy atom. The van der Waals surface area contributed by atoms with Crippen molar-refractivity contribution in [3.63, 3.8) is 0 Å². The molecule has 6 nitrogen and oxygen atoms in total. The molecule has 2 aromatic carbocycles. The van der Waals surface area contributed by atoms with Crippen molar-refractivity contribution >= 4 is 45.6 Å². The van der Waals surface area contributed by atoms with Crippen molar-refractivity contribution in [3.05, 3.63) is 58.4 Å². The van der Waals surface area contributed by atoms with Gasteiger partial charge >= 0.3 is 0 Å². The zero-order valence-corrected chi connectivity index (χ0v) is 17.4. The van der Waals surface area contributed by atoms with Gasteiger partial charge in [-0.3, -0.25) is 14.9 Å². The first-order valence-electron chi connectivity index (χ1n) is 9.00. The van der Waals surface area contributed by atoms with Crippen LogP contribution in [0.1, 0.15) is 11.8 Å². The molecule has 29 heavy (non-hydrogen) atoms. The lowest BCUT2D eigenvalue weighted by Gasteiger charge is -2.33. The summed E-state index contributed by atoms with van der Waals surface area (Å²) in [4.78, 5) is 31.9. The quantitative estimate of drug-likeness (QED) is 0.666. The number of halogens is 1. The third-order valence-electron chi connectivity index (χ3n) is 4.59. The number of anilines is 2. The average Bonchev–Trinajstić information content (AvgIpc) is 3.07. The number of hydrogen-bond acceptors (Lipinski definition) is 5. The van der Waals surface area contributed by atoms with Crippen LogP contribution in [0.5, 0.6) is 5.75 Å². The van der Waals surface area contributed by atoms with E-state index in [1.165, 1.54) is 18.3 Å². The number of amides is 2. The molecule has 0 radical (unpaired) electrons. The summed E-state index contributed by atoms with van der Waals surface area (Å²) in [6.45, 7) is 3.56. The fourth-order valence-corrected chi connectivity index (χ4v) is 4.15. The molecule has 0 aliphatic carbocycles. The van der Waals surface area contributed by atoms with Crippen LogP contribution >= 0.6 is 22.9 Å². The van der Waals surface area contributed by atoms with E-state index in [1.807, 2.05) is 25.1 Å². The van der Waals surface area contributed by atoms with Crippen molar-refractivity contribution in [2.45, 2.75) is 20.0 Å². The van der Waals surface area contributed by atoms with Crippen molar-refractivity contribution in [1.82, 2.24) is 4.98 Å². The summed E-state index contributed by atoms with van der Waals surface area (Å²) in [5.41, 5.74) is 2.38. The molecule has 2 heterocycles. The molecule has 4 rings (SSSR count). The maximum absolute atomic E-state index is 12.8. The smallest absolute Gasteiger partial charge is 0.269 e. The van der Waals surface area contributed by atoms with E-state index < -0.39 is 6.10 Å². The summed E-state index contributed by atoms with van der Waals surface area (Å²) in [6, 6.07) is 14.6. The topological polar surface area (TPSA) is 71.5 Å². The lowest BCUT2D eigenvalue weighted by Crippen LogP contribution is -2.48. The first-order valence-corrected chi connectivity index (χ1v) is 10.2. The predicted octanol–water partition coefficient (Wildman–Crippen LogP) is 4.52. The number of rotatable bonds is 3. The van der Waals surface area contributed by atoms with Crippen LogP contribution in [0.2, 0.25) is 5.02 Å². The lowest BCUT2D eigenvalue weighted by molar-refractivity contribution is -0.123. The Kier molecular flexibility index (Phi) is 5.25. The summed E-state index contributed by atoms with van der Waals surface area (Å²) in [5.74, 6) is 0.0158. The van der Waals surface area contributed by atoms with E-state index in [4.69, 9.17) is 16.3 Å². The second-order valence-electron chi connectivity index (χ2n) is 6.62. The van der Waals surface area contributed by atoms with Gasteiger partial charge in [0, 0.05) is 22.4 Å². The van der Waals surface area contributed by atoms with Crippen LogP contribution in [-0.2, 0) is 9.59 Å². The van der Waals surface area contributed by atoms with Crippen molar-refractivity contribution in [2.24, 2.45) is 0 Å². The molecule has 1 aromatic heterocycles. The molecule has 3 aromatic rings. The molecular formula is C21H18ClN3O3S. The third-order valence-corrected chi connectivity index (χ3v) is 5.73. The maximum Gasteiger partial charge on any atom is 0.269 e. The number of nitrogens with one attached hydrogen (secondary N) is 1. The van der Waals surface area contributed by atoms with Gasteiger partial charge in [-0.15, -0.1) is 11.3 Å². The normalized spacial score (nSPS) is 15.4. The minimum atomic E-state index is -0.822. The monoisotopic (exact) mass is 427 g/mol. The van der Waals surface area contributed by atoms with E-state index in [2.05, 4.69) is 10.3 Å². The number of hydrogen-bond donors (Lipinski definition) is 1. The van der Waals surface area contributed by atoms with E-state index in [-0.39, 0.29) is 18.4 Å². The fourth-order valence-electron chi connectivity index (χ4n) is 3.18. The highest BCUT2D eigenvalue weighted by atomic mass is 35.5. The first kappa shape index (κ1) is 19.4. The van der Waals surface area contributed by atoms with Crippen molar-refractivity contribution in [1.29, 1.82) is 0 Å². The molecule has 8 heteroatoms. The third kappa shape index (κ3) is 3.97. The lowest BCUT2D eigenvalue weighted by atomic mass is 10.1. The molecule has 0 saturated carbocycles. The molecule has 148 valence electrons. The van der Waals surface area contributed by atoms with E-state index in [0.717, 1.165) is 16.1 Å². The Morgan fingerprint density at radius 2 is 1.93 bits per heavy atom. The van der Waals surface area contributed by atoms with E-state index >= 15 is 0 Å². The second-order valence-corrected chi connectivity index (χ2v) is 8.26. The largest absolute Gasteiger partial charge is 0.476 e. The predicted molar refractivity (Wildman–Crippen MR) is 115 cm³/mol. The fraction of sp³-hybridized carbons (Fsp3) is 0.190. The second kappa shape index (κ2) is 7.85. The number of para-hydroxylation sites is 2. The molecule has 1 aliphatic heterocycles. The minimum Gasteiger partial charge on any atom is -0.476 e. The standard InChI is InChI=1S/C21H18ClN3O3S/c1-12-19(14-7-9-15(22)10-8-14)23-21(29-12)24-20(27)18-11-25(13(2)26)16-5-3-4-6-17(16)28-18/h3-10,18H,11H2,1-2H3,(H,23,24,27). The van der Waals surface area contributed by atoms with Gasteiger partial charge in [-0.2, -0.15) is 0 Å². The number of ether oxygens (including phenoxy) is 1. The van der Waals surface area contributed by atoms with Crippen LogP contribution in [-0.4, -0.2) is 29.4 Å². The Morgan fingerprint density at radius 3 is 2.66 bits per heavy atom. The van der Waals surface area contributed by atoms with Gasteiger partial charge in [0.15, 0.2) is 11.2 Å². The molecule has 2 amide bonds. The van der Waals surface area contributed by atoms with Gasteiger partial charge < -0.3 is 9.64 Å². The van der Waals surface area contributed by atoms with Crippen LogP contribution < -0.4 is 15.0 Å². The summed E-state index contributed by atoms with van der Waals surface area (Å²) in [7, 11) is 0. The molecule has 1 unspecified atom stereocenters. The molecule has 1 N–H and O–H groups in total. The number of aromatic nitrogens is 1. The van der Waals surface area contributed by atoms with Crippen LogP contribution in [0, 0.1) is 6.92 Å². The number of carbonyl (C=O) groups is 2. The Labute approximate surface area is 177 Å². The van der Waals surface area contributed by atoms with Crippen LogP contribution in [0.3, 0.4) is 0 Å². The van der Waals surface area contributed by atoms with E-state index in [9.17, 15) is 9.59 Å². The first-order chi connectivity index (χ1) is 13.9. The molecular weight excluding hydrogens is 410 g/mol. The number of aryl methyl sites for hydroxylation is 1. The molecule has 0 fully saturated rings. The zero-order valence-electron chi connectivity index (χ0n) is 15.8. The summed E-state index contributed by atoms with van der Waals surface area (Å²) < 4.78 is 5.84. The van der Waals surface area contributed by atoms with Gasteiger partial charge in [0.25, 0.3) is 5.91 Å². The SMILES string of the molecule is CC(=O)N1CC(C(=O)Nc2nc(-c3ccc(Cl)cc3)c(C)s2)Oc2ccccc21. The zero-order chi connectivity index (χ0) is 20.5. The highest BCUT2D eigenvalue weighted by molar-refractivity contribution is 7.16. The number of carbonyl (C=O) groups excluding carboxylic acids is 2. The Bertz CT molecular complexity index is 1080. The van der Waals surface area contributed by atoms with Crippen LogP contribution in [0.15, 0.2) is 48.5 Å². The van der Waals surface area contributed by atoms with Crippen molar-refractivity contribution < 1.29 is 14.3 Å². The Hall–Kier alpha value is -2.90. The van der Waals surface area contributed by atoms with E-state index in [0.29, 0.717) is 21.6 Å². The van der Waals surface area contributed by atoms with Gasteiger partial charge in [-0.1, -0.05) is 35.9 Å². The highest BCUT2D eigenvalue weighted by Crippen LogP contribution is 2.34. The molecule has 0 saturated heterocycles. The summed E-state index contributed by atoms with van der Waals surface area (Å²) in [6.07, 6.45) is -0.822. The minimum absolute atomic E-state index is 0.145. The molecule has 1 atom stereocenters. The highest BCUT2D eigenvalue weighted by Gasteiger charge is 2.33. The molecule has 0 spiro atoms. The van der Waals surface area contributed by atoms with Crippen LogP contribution in [0.25, 0.3) is 11.3 Å². The van der Waals surface area contributed by atoms with E-state index in [1.54, 1.807) is 35.2 Å². The average molecular weight is 428 g/mol.